The molecule has 39 heavy (non-hydrogen) atoms. The van der Waals surface area contributed by atoms with Crippen LogP contribution >= 0.6 is 14.1 Å². The molecule has 0 aliphatic heterocycles. The van der Waals surface area contributed by atoms with Crippen LogP contribution in [0.2, 0.25) is 0 Å². The van der Waals surface area contributed by atoms with Crippen molar-refractivity contribution in [2.24, 2.45) is 0 Å². The van der Waals surface area contributed by atoms with Crippen molar-refractivity contribution in [2.75, 3.05) is 0 Å². The van der Waals surface area contributed by atoms with Crippen molar-refractivity contribution in [3.63, 3.8) is 0 Å². The summed E-state index contributed by atoms with van der Waals surface area (Å²) >= 11 is 0. The van der Waals surface area contributed by atoms with E-state index in [0.717, 1.165) is 34.0 Å². The molecule has 3 heteroatoms. The van der Waals surface area contributed by atoms with E-state index in [0.29, 0.717) is 0 Å². The third-order valence-electron chi connectivity index (χ3n) is 13.3. The van der Waals surface area contributed by atoms with Crippen LogP contribution in [0, 0.1) is 0 Å². The van der Waals surface area contributed by atoms with Crippen LogP contribution in [0.4, 0.5) is 0 Å². The van der Waals surface area contributed by atoms with Crippen LogP contribution in [-0.4, -0.2) is 34.0 Å². The molecule has 0 saturated heterocycles. The minimum absolute atomic E-state index is 1.05. The van der Waals surface area contributed by atoms with E-state index >= 15 is 0 Å². The van der Waals surface area contributed by atoms with Crippen molar-refractivity contribution in [1.29, 1.82) is 0 Å². The van der Waals surface area contributed by atoms with E-state index in [9.17, 15) is 0 Å². The zero-order valence-corrected chi connectivity index (χ0v) is 27.8. The molecule has 0 bridgehead atoms. The van der Waals surface area contributed by atoms with Crippen LogP contribution < -0.4 is 4.17 Å². The van der Waals surface area contributed by atoms with Crippen LogP contribution in [0.25, 0.3) is 0 Å². The largest absolute Gasteiger partial charge is 0.225 e. The van der Waals surface area contributed by atoms with Gasteiger partial charge in [-0.15, -0.1) is 0 Å². The Kier molecular flexibility index (Phi) is 10.9. The average molecular weight is 575 g/mol. The van der Waals surface area contributed by atoms with Gasteiger partial charge in [0.05, 0.1) is 0 Å². The fourth-order valence-electron chi connectivity index (χ4n) is 11.5. The predicted molar refractivity (Wildman–Crippen MR) is 177 cm³/mol. The van der Waals surface area contributed by atoms with Crippen molar-refractivity contribution in [3.05, 3.63) is 0 Å². The van der Waals surface area contributed by atoms with Crippen LogP contribution in [0.15, 0.2) is 0 Å². The first-order chi connectivity index (χ1) is 19.3. The van der Waals surface area contributed by atoms with Gasteiger partial charge in [0.1, 0.15) is 0 Å². The van der Waals surface area contributed by atoms with Crippen molar-refractivity contribution < 1.29 is 0 Å². The summed E-state index contributed by atoms with van der Waals surface area (Å²) in [6, 6.07) is 0. The summed E-state index contributed by atoms with van der Waals surface area (Å²) in [4.78, 5) is 0. The number of rotatable bonds is 6. The minimum atomic E-state index is -1.37. The third-order valence-corrected chi connectivity index (χ3v) is 25.9. The van der Waals surface area contributed by atoms with Crippen molar-refractivity contribution in [3.8, 4) is 0 Å². The molecule has 0 heterocycles. The highest BCUT2D eigenvalue weighted by atomic mass is 31.2. The third kappa shape index (κ3) is 6.29. The molecule has 6 aliphatic carbocycles. The maximum atomic E-state index is 7.30. The molecule has 224 valence electrons. The zero-order chi connectivity index (χ0) is 26.4. The SMILES string of the molecule is C1CCC(P(=[N+]=P(C2CCCCC2)(C2CCCCC2)C2CCCCC2)(C2CCCCC2)C2CCCCC2)CC1. The van der Waals surface area contributed by atoms with E-state index in [1.54, 1.807) is 154 Å². The first kappa shape index (κ1) is 29.6. The second kappa shape index (κ2) is 14.4. The van der Waals surface area contributed by atoms with E-state index < -0.39 is 14.1 Å². The summed E-state index contributed by atoms with van der Waals surface area (Å²) in [5.74, 6) is 0. The lowest BCUT2D eigenvalue weighted by Gasteiger charge is -2.44. The Hall–Kier alpha value is 0.570. The molecule has 0 unspecified atom stereocenters. The van der Waals surface area contributed by atoms with Gasteiger partial charge < -0.3 is 0 Å². The monoisotopic (exact) mass is 574 g/mol. The molecule has 0 aromatic heterocycles. The van der Waals surface area contributed by atoms with E-state index in [1.165, 1.54) is 38.5 Å². The summed E-state index contributed by atoms with van der Waals surface area (Å²) in [5, 5.41) is 0. The zero-order valence-electron chi connectivity index (χ0n) is 26.0. The summed E-state index contributed by atoms with van der Waals surface area (Å²) in [7, 11) is -2.74. The molecular formula is C36H66NP2+. The Labute approximate surface area is 244 Å². The fraction of sp³-hybridized carbons (Fsp3) is 1.00. The van der Waals surface area contributed by atoms with Gasteiger partial charge >= 0.3 is 0 Å². The van der Waals surface area contributed by atoms with Crippen LogP contribution in [0.3, 0.4) is 0 Å². The van der Waals surface area contributed by atoms with Crippen LogP contribution in [-0.2, 0) is 0 Å². The van der Waals surface area contributed by atoms with E-state index in [4.69, 9.17) is 4.17 Å². The minimum Gasteiger partial charge on any atom is -0.175 e. The molecule has 0 radical (unpaired) electrons. The van der Waals surface area contributed by atoms with Gasteiger partial charge in [-0.25, -0.2) is 0 Å². The molecule has 0 atom stereocenters. The van der Waals surface area contributed by atoms with Gasteiger partial charge in [-0.05, 0) is 77.0 Å². The first-order valence-electron chi connectivity index (χ1n) is 18.8. The van der Waals surface area contributed by atoms with Crippen molar-refractivity contribution in [1.82, 2.24) is 4.17 Å². The van der Waals surface area contributed by atoms with Gasteiger partial charge in [0, 0.05) is 34.0 Å². The molecule has 6 rings (SSSR count). The van der Waals surface area contributed by atoms with Crippen molar-refractivity contribution >= 4 is 14.1 Å². The highest BCUT2D eigenvalue weighted by Crippen LogP contribution is 2.74. The molecule has 6 saturated carbocycles. The quantitative estimate of drug-likeness (QED) is 0.221. The molecule has 0 aromatic carbocycles. The van der Waals surface area contributed by atoms with E-state index in [1.807, 2.05) is 0 Å². The Morgan fingerprint density at radius 2 is 0.385 bits per heavy atom. The van der Waals surface area contributed by atoms with Gasteiger partial charge in [0.15, 0.2) is 0 Å². The smallest absolute Gasteiger partial charge is 0.175 e. The first-order valence-corrected chi connectivity index (χ1v) is 22.7. The normalized spacial score (nSPS) is 29.3. The highest BCUT2D eigenvalue weighted by molar-refractivity contribution is 7.75. The maximum absolute atomic E-state index is 7.30. The van der Waals surface area contributed by atoms with Crippen LogP contribution in [0.5, 0.6) is 0 Å². The van der Waals surface area contributed by atoms with Gasteiger partial charge in [-0.2, -0.15) is 4.17 Å². The molecule has 6 aliphatic rings. The molecule has 6 fully saturated rings. The van der Waals surface area contributed by atoms with Gasteiger partial charge in [-0.3, -0.25) is 0 Å². The molecule has 0 spiro atoms. The molecule has 0 N–H and O–H groups in total. The molecule has 0 aromatic rings. The predicted octanol–water partition coefficient (Wildman–Crippen LogP) is 12.5. The number of hydrogen-bond donors (Lipinski definition) is 0. The second-order valence-corrected chi connectivity index (χ2v) is 23.7. The van der Waals surface area contributed by atoms with Gasteiger partial charge in [0.25, 0.3) is 0 Å². The summed E-state index contributed by atoms with van der Waals surface area (Å²) < 4.78 is 7.30. The Balaban J connectivity index is 1.67. The lowest BCUT2D eigenvalue weighted by atomic mass is 9.99. The van der Waals surface area contributed by atoms with Gasteiger partial charge in [-0.1, -0.05) is 116 Å². The Morgan fingerprint density at radius 1 is 0.231 bits per heavy atom. The summed E-state index contributed by atoms with van der Waals surface area (Å²) in [6.07, 6.45) is 46.8. The Bertz CT molecular complexity index is 678. The number of nitrogens with zero attached hydrogens (tertiary/aromatic N) is 1. The lowest BCUT2D eigenvalue weighted by molar-refractivity contribution is 0.450. The average Bonchev–Trinajstić information content (AvgIpc) is 3.04. The standard InChI is InChI=1S/C36H66NP2/c1-7-19-31(20-8-1)38(32-21-9-2-10-22-32,33-23-11-3-12-24-33)37-39(34-25-13-4-14-26-34,35-27-15-5-16-28-35)36-29-17-6-18-30-36/h31-36H,1-30H2/q+1. The molecular weight excluding hydrogens is 508 g/mol. The number of hydrogen-bond acceptors (Lipinski definition) is 0. The molecule has 1 nitrogen and oxygen atoms in total. The topological polar surface area (TPSA) is 14.1 Å². The van der Waals surface area contributed by atoms with Crippen molar-refractivity contribution in [2.45, 2.75) is 227 Å². The Morgan fingerprint density at radius 3 is 0.538 bits per heavy atom. The second-order valence-electron chi connectivity index (χ2n) is 15.4. The fourth-order valence-corrected chi connectivity index (χ4v) is 27.8. The molecule has 0 amide bonds. The maximum Gasteiger partial charge on any atom is 0.225 e. The summed E-state index contributed by atoms with van der Waals surface area (Å²) in [6.45, 7) is 0. The van der Waals surface area contributed by atoms with Crippen LogP contribution in [0.1, 0.15) is 193 Å². The van der Waals surface area contributed by atoms with Gasteiger partial charge in [0.2, 0.25) is 14.1 Å². The van der Waals surface area contributed by atoms with E-state index in [2.05, 4.69) is 0 Å². The lowest BCUT2D eigenvalue weighted by Crippen LogP contribution is -2.36. The highest BCUT2D eigenvalue weighted by Gasteiger charge is 2.58. The van der Waals surface area contributed by atoms with E-state index in [-0.39, 0.29) is 0 Å². The summed E-state index contributed by atoms with van der Waals surface area (Å²) in [5.41, 5.74) is 6.29.